The van der Waals surface area contributed by atoms with Crippen molar-refractivity contribution in [3.8, 4) is 0 Å². The summed E-state index contributed by atoms with van der Waals surface area (Å²) in [5.74, 6) is 0. The zero-order valence-electron chi connectivity index (χ0n) is 5.71. The van der Waals surface area contributed by atoms with Gasteiger partial charge in [-0.2, -0.15) is 12.6 Å². The van der Waals surface area contributed by atoms with E-state index in [9.17, 15) is 0 Å². The lowest BCUT2D eigenvalue weighted by Crippen LogP contribution is -1.83. The van der Waals surface area contributed by atoms with Crippen molar-refractivity contribution in [2.24, 2.45) is 0 Å². The predicted molar refractivity (Wildman–Crippen MR) is 48.9 cm³/mol. The van der Waals surface area contributed by atoms with E-state index in [1.54, 1.807) is 0 Å². The second-order valence-electron chi connectivity index (χ2n) is 2.20. The van der Waals surface area contributed by atoms with E-state index in [4.69, 9.17) is 11.6 Å². The molecule has 0 aliphatic heterocycles. The highest BCUT2D eigenvalue weighted by Gasteiger charge is 2.02. The van der Waals surface area contributed by atoms with E-state index in [1.807, 2.05) is 31.2 Å². The second-order valence-corrected chi connectivity index (χ2v) is 3.38. The zero-order chi connectivity index (χ0) is 7.56. The largest absolute Gasteiger partial charge is 0.171 e. The van der Waals surface area contributed by atoms with Gasteiger partial charge >= 0.3 is 0 Å². The maximum absolute atomic E-state index is 5.87. The summed E-state index contributed by atoms with van der Waals surface area (Å²) < 4.78 is 0. The monoisotopic (exact) mass is 172 g/mol. The average molecular weight is 173 g/mol. The fourth-order valence-electron chi connectivity index (χ4n) is 0.814. The van der Waals surface area contributed by atoms with Crippen molar-refractivity contribution in [2.75, 3.05) is 0 Å². The van der Waals surface area contributed by atoms with Crippen molar-refractivity contribution in [2.45, 2.75) is 12.2 Å². The molecule has 0 fully saturated rings. The summed E-state index contributed by atoms with van der Waals surface area (Å²) in [5.41, 5.74) is 1.09. The summed E-state index contributed by atoms with van der Waals surface area (Å²) >= 11 is 10.1. The number of halogens is 1. The van der Waals surface area contributed by atoms with Crippen LogP contribution in [0.3, 0.4) is 0 Å². The van der Waals surface area contributed by atoms with Crippen LogP contribution in [0.4, 0.5) is 0 Å². The minimum absolute atomic E-state index is 0.216. The molecule has 1 aromatic carbocycles. The molecule has 0 aromatic heterocycles. The quantitative estimate of drug-likeness (QED) is 0.618. The number of hydrogen-bond donors (Lipinski definition) is 1. The highest BCUT2D eigenvalue weighted by atomic mass is 35.5. The van der Waals surface area contributed by atoms with Crippen LogP contribution in [0, 0.1) is 0 Å². The van der Waals surface area contributed by atoms with Crippen molar-refractivity contribution in [1.29, 1.82) is 0 Å². The molecule has 0 aliphatic carbocycles. The standard InChI is InChI=1S/C8H9ClS/c1-6(10)7-4-2-3-5-8(7)9/h2-6,10H,1H3/t6-/m0/s1. The Hall–Kier alpha value is -0.140. The van der Waals surface area contributed by atoms with Crippen molar-refractivity contribution in [3.05, 3.63) is 34.9 Å². The Morgan fingerprint density at radius 2 is 2.00 bits per heavy atom. The predicted octanol–water partition coefficient (Wildman–Crippen LogP) is 3.33. The van der Waals surface area contributed by atoms with Gasteiger partial charge in [0, 0.05) is 10.3 Å². The van der Waals surface area contributed by atoms with E-state index in [0.29, 0.717) is 0 Å². The molecule has 1 rings (SSSR count). The van der Waals surface area contributed by atoms with Crippen LogP contribution in [-0.2, 0) is 0 Å². The van der Waals surface area contributed by atoms with E-state index < -0.39 is 0 Å². The van der Waals surface area contributed by atoms with Gasteiger partial charge in [-0.1, -0.05) is 29.8 Å². The van der Waals surface area contributed by atoms with Gasteiger partial charge < -0.3 is 0 Å². The first kappa shape index (κ1) is 7.96. The van der Waals surface area contributed by atoms with Crippen LogP contribution >= 0.6 is 24.2 Å². The van der Waals surface area contributed by atoms with Gasteiger partial charge in [0.25, 0.3) is 0 Å². The van der Waals surface area contributed by atoms with E-state index in [2.05, 4.69) is 12.6 Å². The molecule has 0 unspecified atom stereocenters. The van der Waals surface area contributed by atoms with Gasteiger partial charge in [0.1, 0.15) is 0 Å². The maximum atomic E-state index is 5.87. The minimum atomic E-state index is 0.216. The Kier molecular flexibility index (Phi) is 2.64. The van der Waals surface area contributed by atoms with Gasteiger partial charge in [-0.3, -0.25) is 0 Å². The third kappa shape index (κ3) is 1.68. The molecule has 0 aliphatic rings. The Morgan fingerprint density at radius 3 is 2.40 bits per heavy atom. The SMILES string of the molecule is C[C@H](S)c1ccccc1Cl. The molecule has 0 saturated heterocycles. The van der Waals surface area contributed by atoms with Gasteiger partial charge in [-0.25, -0.2) is 0 Å². The molecule has 0 bridgehead atoms. The van der Waals surface area contributed by atoms with Crippen LogP contribution in [0.1, 0.15) is 17.7 Å². The number of rotatable bonds is 1. The number of hydrogen-bond acceptors (Lipinski definition) is 1. The van der Waals surface area contributed by atoms with E-state index >= 15 is 0 Å². The lowest BCUT2D eigenvalue weighted by molar-refractivity contribution is 1.11. The normalized spacial score (nSPS) is 13.1. The number of thiol groups is 1. The lowest BCUT2D eigenvalue weighted by Gasteiger charge is -2.04. The molecule has 0 amide bonds. The first-order chi connectivity index (χ1) is 4.72. The first-order valence-corrected chi connectivity index (χ1v) is 4.03. The van der Waals surface area contributed by atoms with E-state index in [1.165, 1.54) is 0 Å². The van der Waals surface area contributed by atoms with Crippen LogP contribution in [0.2, 0.25) is 5.02 Å². The van der Waals surface area contributed by atoms with Gasteiger partial charge in [0.2, 0.25) is 0 Å². The molecule has 0 heterocycles. The van der Waals surface area contributed by atoms with Gasteiger partial charge in [-0.15, -0.1) is 0 Å². The zero-order valence-corrected chi connectivity index (χ0v) is 7.36. The summed E-state index contributed by atoms with van der Waals surface area (Å²) in [4.78, 5) is 0. The summed E-state index contributed by atoms with van der Waals surface area (Å²) in [6.07, 6.45) is 0. The molecule has 1 atom stereocenters. The summed E-state index contributed by atoms with van der Waals surface area (Å²) in [5, 5.41) is 1.01. The second kappa shape index (κ2) is 3.31. The molecular formula is C8H9ClS. The minimum Gasteiger partial charge on any atom is -0.171 e. The van der Waals surface area contributed by atoms with Crippen LogP contribution in [0.15, 0.2) is 24.3 Å². The molecule has 0 N–H and O–H groups in total. The molecule has 10 heavy (non-hydrogen) atoms. The Bertz CT molecular complexity index is 220. The summed E-state index contributed by atoms with van der Waals surface area (Å²) in [6.45, 7) is 2.00. The summed E-state index contributed by atoms with van der Waals surface area (Å²) in [6, 6.07) is 7.75. The number of benzene rings is 1. The van der Waals surface area contributed by atoms with E-state index in [-0.39, 0.29) is 5.25 Å². The van der Waals surface area contributed by atoms with Crippen LogP contribution < -0.4 is 0 Å². The Labute approximate surface area is 71.6 Å². The maximum Gasteiger partial charge on any atom is 0.0449 e. The fraction of sp³-hybridized carbons (Fsp3) is 0.250. The van der Waals surface area contributed by atoms with Gasteiger partial charge in [0.15, 0.2) is 0 Å². The Morgan fingerprint density at radius 1 is 1.40 bits per heavy atom. The molecule has 54 valence electrons. The third-order valence-electron chi connectivity index (χ3n) is 1.36. The molecular weight excluding hydrogens is 164 g/mol. The van der Waals surface area contributed by atoms with Gasteiger partial charge in [-0.05, 0) is 18.6 Å². The van der Waals surface area contributed by atoms with Crippen molar-refractivity contribution in [1.82, 2.24) is 0 Å². The fourth-order valence-corrected chi connectivity index (χ4v) is 1.41. The van der Waals surface area contributed by atoms with E-state index in [0.717, 1.165) is 10.6 Å². The molecule has 0 saturated carbocycles. The third-order valence-corrected chi connectivity index (χ3v) is 1.98. The first-order valence-electron chi connectivity index (χ1n) is 3.14. The molecule has 0 radical (unpaired) electrons. The van der Waals surface area contributed by atoms with Crippen molar-refractivity contribution < 1.29 is 0 Å². The lowest BCUT2D eigenvalue weighted by atomic mass is 10.2. The summed E-state index contributed by atoms with van der Waals surface area (Å²) in [7, 11) is 0. The Balaban J connectivity index is 3.03. The highest BCUT2D eigenvalue weighted by Crippen LogP contribution is 2.25. The average Bonchev–Trinajstić information content (AvgIpc) is 1.88. The molecule has 2 heteroatoms. The smallest absolute Gasteiger partial charge is 0.0449 e. The van der Waals surface area contributed by atoms with Gasteiger partial charge in [0.05, 0.1) is 0 Å². The molecule has 0 nitrogen and oxygen atoms in total. The topological polar surface area (TPSA) is 0 Å². The highest BCUT2D eigenvalue weighted by molar-refractivity contribution is 7.80. The molecule has 0 spiro atoms. The van der Waals surface area contributed by atoms with Crippen molar-refractivity contribution >= 4 is 24.2 Å². The van der Waals surface area contributed by atoms with Crippen LogP contribution in [0.5, 0.6) is 0 Å². The van der Waals surface area contributed by atoms with Crippen LogP contribution in [0.25, 0.3) is 0 Å². The molecule has 1 aromatic rings. The van der Waals surface area contributed by atoms with Crippen molar-refractivity contribution in [3.63, 3.8) is 0 Å². The van der Waals surface area contributed by atoms with Crippen LogP contribution in [-0.4, -0.2) is 0 Å².